The normalized spacial score (nSPS) is 12.7. The maximum atomic E-state index is 12.0. The molecule has 0 radical (unpaired) electrons. The van der Waals surface area contributed by atoms with Crippen molar-refractivity contribution in [3.05, 3.63) is 59.2 Å². The third-order valence-corrected chi connectivity index (χ3v) is 5.06. The number of hydrogen-bond donors (Lipinski definition) is 2. The van der Waals surface area contributed by atoms with Crippen molar-refractivity contribution < 1.29 is 9.53 Å². The van der Waals surface area contributed by atoms with Gasteiger partial charge in [0.15, 0.2) is 0 Å². The van der Waals surface area contributed by atoms with Gasteiger partial charge >= 0.3 is 0 Å². The zero-order valence-corrected chi connectivity index (χ0v) is 14.6. The standard InChI is InChI=1S/C19H22N2O2S/c1-23-17-4-6-18(7-5-17)24-9-8-19(22)21-11-14-2-3-15-12-20-13-16(15)10-14/h2-7,10,20H,8-9,11-13H2,1H3,(H,21,22). The van der Waals surface area contributed by atoms with Crippen molar-refractivity contribution in [2.24, 2.45) is 0 Å². The predicted molar refractivity (Wildman–Crippen MR) is 97.2 cm³/mol. The first-order chi connectivity index (χ1) is 11.7. The van der Waals surface area contributed by atoms with Crippen molar-refractivity contribution in [3.8, 4) is 5.75 Å². The number of carbonyl (C=O) groups is 1. The average molecular weight is 342 g/mol. The molecular formula is C19H22N2O2S. The minimum absolute atomic E-state index is 0.0923. The Labute approximate surface area is 147 Å². The summed E-state index contributed by atoms with van der Waals surface area (Å²) in [4.78, 5) is 13.1. The van der Waals surface area contributed by atoms with E-state index in [-0.39, 0.29) is 5.91 Å². The lowest BCUT2D eigenvalue weighted by Crippen LogP contribution is -2.23. The Balaban J connectivity index is 1.39. The molecule has 1 aliphatic heterocycles. The molecule has 0 saturated carbocycles. The van der Waals surface area contributed by atoms with Gasteiger partial charge in [-0.05, 0) is 41.0 Å². The van der Waals surface area contributed by atoms with E-state index in [9.17, 15) is 4.79 Å². The highest BCUT2D eigenvalue weighted by molar-refractivity contribution is 7.99. The van der Waals surface area contributed by atoms with Gasteiger partial charge in [0.05, 0.1) is 7.11 Å². The summed E-state index contributed by atoms with van der Waals surface area (Å²) in [6.45, 7) is 2.47. The summed E-state index contributed by atoms with van der Waals surface area (Å²) in [5.41, 5.74) is 3.87. The summed E-state index contributed by atoms with van der Waals surface area (Å²) in [6.07, 6.45) is 0.517. The van der Waals surface area contributed by atoms with Crippen LogP contribution in [0.25, 0.3) is 0 Å². The van der Waals surface area contributed by atoms with Crippen LogP contribution in [-0.2, 0) is 24.4 Å². The average Bonchev–Trinajstić information content (AvgIpc) is 3.08. The molecule has 1 heterocycles. The fraction of sp³-hybridized carbons (Fsp3) is 0.316. The van der Waals surface area contributed by atoms with Gasteiger partial charge in [-0.2, -0.15) is 0 Å². The number of carbonyl (C=O) groups excluding carboxylic acids is 1. The van der Waals surface area contributed by atoms with E-state index in [4.69, 9.17) is 4.74 Å². The van der Waals surface area contributed by atoms with Crippen LogP contribution >= 0.6 is 11.8 Å². The Morgan fingerprint density at radius 1 is 1.17 bits per heavy atom. The van der Waals surface area contributed by atoms with E-state index in [0.717, 1.165) is 35.1 Å². The molecule has 0 bridgehead atoms. The molecular weight excluding hydrogens is 320 g/mol. The molecule has 1 amide bonds. The first-order valence-electron chi connectivity index (χ1n) is 8.09. The number of thioether (sulfide) groups is 1. The second-order valence-corrected chi connectivity index (χ2v) is 6.93. The van der Waals surface area contributed by atoms with Gasteiger partial charge in [-0.15, -0.1) is 11.8 Å². The number of amides is 1. The SMILES string of the molecule is COc1ccc(SCCC(=O)NCc2ccc3c(c2)CNC3)cc1. The quantitative estimate of drug-likeness (QED) is 0.759. The number of nitrogens with one attached hydrogen (secondary N) is 2. The molecule has 0 aliphatic carbocycles. The van der Waals surface area contributed by atoms with E-state index in [1.165, 1.54) is 11.1 Å². The van der Waals surface area contributed by atoms with Crippen LogP contribution in [0.4, 0.5) is 0 Å². The molecule has 4 nitrogen and oxygen atoms in total. The summed E-state index contributed by atoms with van der Waals surface area (Å²) < 4.78 is 5.14. The van der Waals surface area contributed by atoms with Gasteiger partial charge in [0.25, 0.3) is 0 Å². The highest BCUT2D eigenvalue weighted by Crippen LogP contribution is 2.22. The van der Waals surface area contributed by atoms with Crippen LogP contribution in [0, 0.1) is 0 Å². The van der Waals surface area contributed by atoms with E-state index < -0.39 is 0 Å². The van der Waals surface area contributed by atoms with Crippen LogP contribution in [0.2, 0.25) is 0 Å². The Bertz CT molecular complexity index is 701. The van der Waals surface area contributed by atoms with Gasteiger partial charge in [-0.25, -0.2) is 0 Å². The summed E-state index contributed by atoms with van der Waals surface area (Å²) in [6, 6.07) is 14.3. The topological polar surface area (TPSA) is 50.4 Å². The maximum absolute atomic E-state index is 12.0. The van der Waals surface area contributed by atoms with Crippen LogP contribution < -0.4 is 15.4 Å². The van der Waals surface area contributed by atoms with Gasteiger partial charge < -0.3 is 15.4 Å². The van der Waals surface area contributed by atoms with Gasteiger partial charge in [0.2, 0.25) is 5.91 Å². The Morgan fingerprint density at radius 2 is 1.96 bits per heavy atom. The molecule has 1 aliphatic rings. The van der Waals surface area contributed by atoms with Crippen molar-refractivity contribution in [3.63, 3.8) is 0 Å². The Morgan fingerprint density at radius 3 is 2.75 bits per heavy atom. The molecule has 0 fully saturated rings. The fourth-order valence-corrected chi connectivity index (χ4v) is 3.53. The van der Waals surface area contributed by atoms with E-state index in [1.807, 2.05) is 24.3 Å². The zero-order valence-electron chi connectivity index (χ0n) is 13.8. The number of rotatable bonds is 7. The van der Waals surface area contributed by atoms with Gasteiger partial charge in [-0.3, -0.25) is 4.79 Å². The first-order valence-corrected chi connectivity index (χ1v) is 9.08. The largest absolute Gasteiger partial charge is 0.497 e. The number of methoxy groups -OCH3 is 1. The molecule has 2 aromatic rings. The zero-order chi connectivity index (χ0) is 16.8. The molecule has 0 atom stereocenters. The molecule has 2 aromatic carbocycles. The van der Waals surface area contributed by atoms with E-state index in [0.29, 0.717) is 13.0 Å². The van der Waals surface area contributed by atoms with E-state index >= 15 is 0 Å². The maximum Gasteiger partial charge on any atom is 0.221 e. The minimum atomic E-state index is 0.0923. The molecule has 0 unspecified atom stereocenters. The molecule has 24 heavy (non-hydrogen) atoms. The first kappa shape index (κ1) is 16.9. The van der Waals surface area contributed by atoms with E-state index in [1.54, 1.807) is 18.9 Å². The van der Waals surface area contributed by atoms with Crippen molar-refractivity contribution in [1.82, 2.24) is 10.6 Å². The lowest BCUT2D eigenvalue weighted by molar-refractivity contribution is -0.120. The van der Waals surface area contributed by atoms with Crippen LogP contribution in [0.1, 0.15) is 23.1 Å². The molecule has 2 N–H and O–H groups in total. The van der Waals surface area contributed by atoms with Crippen LogP contribution in [0.15, 0.2) is 47.4 Å². The summed E-state index contributed by atoms with van der Waals surface area (Å²) >= 11 is 1.68. The summed E-state index contributed by atoms with van der Waals surface area (Å²) in [5.74, 6) is 1.71. The second-order valence-electron chi connectivity index (χ2n) is 5.76. The van der Waals surface area contributed by atoms with Crippen LogP contribution in [0.3, 0.4) is 0 Å². The molecule has 3 rings (SSSR count). The molecule has 5 heteroatoms. The van der Waals surface area contributed by atoms with Crippen molar-refractivity contribution in [2.75, 3.05) is 12.9 Å². The lowest BCUT2D eigenvalue weighted by Gasteiger charge is -2.07. The molecule has 0 spiro atoms. The Kier molecular flexibility index (Phi) is 5.77. The number of hydrogen-bond acceptors (Lipinski definition) is 4. The smallest absolute Gasteiger partial charge is 0.221 e. The van der Waals surface area contributed by atoms with Gasteiger partial charge in [0.1, 0.15) is 5.75 Å². The summed E-state index contributed by atoms with van der Waals surface area (Å²) in [5, 5.41) is 6.33. The number of fused-ring (bicyclic) bond motifs is 1. The van der Waals surface area contributed by atoms with Crippen molar-refractivity contribution >= 4 is 17.7 Å². The van der Waals surface area contributed by atoms with Crippen LogP contribution in [-0.4, -0.2) is 18.8 Å². The van der Waals surface area contributed by atoms with E-state index in [2.05, 4.69) is 28.8 Å². The fourth-order valence-electron chi connectivity index (χ4n) is 2.68. The number of benzene rings is 2. The van der Waals surface area contributed by atoms with Crippen molar-refractivity contribution in [1.29, 1.82) is 0 Å². The lowest BCUT2D eigenvalue weighted by atomic mass is 10.1. The number of ether oxygens (including phenoxy) is 1. The van der Waals surface area contributed by atoms with Gasteiger partial charge in [-0.1, -0.05) is 18.2 Å². The second kappa shape index (κ2) is 8.22. The highest BCUT2D eigenvalue weighted by Gasteiger charge is 2.10. The molecule has 126 valence electrons. The van der Waals surface area contributed by atoms with Gasteiger partial charge in [0, 0.05) is 36.7 Å². The monoisotopic (exact) mass is 342 g/mol. The summed E-state index contributed by atoms with van der Waals surface area (Å²) in [7, 11) is 1.66. The Hall–Kier alpha value is -1.98. The predicted octanol–water partition coefficient (Wildman–Crippen LogP) is 3.10. The molecule has 0 aromatic heterocycles. The van der Waals surface area contributed by atoms with Crippen LogP contribution in [0.5, 0.6) is 5.75 Å². The highest BCUT2D eigenvalue weighted by atomic mass is 32.2. The third-order valence-electron chi connectivity index (χ3n) is 4.05. The molecule has 0 saturated heterocycles. The van der Waals surface area contributed by atoms with Crippen molar-refractivity contribution in [2.45, 2.75) is 31.0 Å². The minimum Gasteiger partial charge on any atom is -0.497 e. The third kappa shape index (κ3) is 4.52.